The predicted molar refractivity (Wildman–Crippen MR) is 111 cm³/mol. The number of aryl methyl sites for hydroxylation is 2. The van der Waals surface area contributed by atoms with Crippen molar-refractivity contribution in [2.45, 2.75) is 26.2 Å². The molecule has 0 aliphatic heterocycles. The summed E-state index contributed by atoms with van der Waals surface area (Å²) in [6, 6.07) is 22.2. The van der Waals surface area contributed by atoms with Crippen molar-refractivity contribution in [2.75, 3.05) is 17.2 Å². The molecule has 3 rings (SSSR count). The highest BCUT2D eigenvalue weighted by molar-refractivity contribution is 5.91. The summed E-state index contributed by atoms with van der Waals surface area (Å²) >= 11 is 0. The maximum Gasteiger partial charge on any atom is 0.229 e. The maximum absolute atomic E-state index is 12.2. The molecule has 2 aromatic carbocycles. The number of nitrogens with one attached hydrogen (secondary N) is 2. The number of anilines is 2. The van der Waals surface area contributed by atoms with Gasteiger partial charge in [-0.1, -0.05) is 60.2 Å². The number of rotatable bonds is 8. The van der Waals surface area contributed by atoms with Crippen LogP contribution < -0.4 is 10.6 Å². The lowest BCUT2D eigenvalue weighted by Gasteiger charge is -2.08. The van der Waals surface area contributed by atoms with Crippen molar-refractivity contribution >= 4 is 17.4 Å². The van der Waals surface area contributed by atoms with E-state index in [1.807, 2.05) is 49.4 Å². The molecule has 0 atom stereocenters. The number of hydrogen-bond donors (Lipinski definition) is 2. The highest BCUT2D eigenvalue weighted by Crippen LogP contribution is 2.11. The second-order valence-electron chi connectivity index (χ2n) is 6.66. The van der Waals surface area contributed by atoms with Crippen LogP contribution in [0.5, 0.6) is 0 Å². The van der Waals surface area contributed by atoms with E-state index in [-0.39, 0.29) is 5.91 Å². The third-order valence-corrected chi connectivity index (χ3v) is 4.29. The molecule has 0 unspecified atom stereocenters. The van der Waals surface area contributed by atoms with E-state index in [2.05, 4.69) is 39.9 Å². The van der Waals surface area contributed by atoms with E-state index in [0.717, 1.165) is 36.2 Å². The Labute approximate surface area is 160 Å². The van der Waals surface area contributed by atoms with E-state index >= 15 is 0 Å². The van der Waals surface area contributed by atoms with Crippen LogP contribution in [0.15, 0.2) is 72.9 Å². The zero-order valence-electron chi connectivity index (χ0n) is 15.6. The van der Waals surface area contributed by atoms with Gasteiger partial charge in [-0.3, -0.25) is 4.79 Å². The summed E-state index contributed by atoms with van der Waals surface area (Å²) in [5.41, 5.74) is 4.47. The highest BCUT2D eigenvalue weighted by atomic mass is 16.1. The Hall–Kier alpha value is -3.14. The summed E-state index contributed by atoms with van der Waals surface area (Å²) in [4.78, 5) is 16.5. The molecule has 0 saturated heterocycles. The van der Waals surface area contributed by atoms with Crippen LogP contribution >= 0.6 is 0 Å². The average molecular weight is 359 g/mol. The molecule has 27 heavy (non-hydrogen) atoms. The first kappa shape index (κ1) is 18.6. The minimum Gasteiger partial charge on any atom is -0.384 e. The Kier molecular flexibility index (Phi) is 6.58. The van der Waals surface area contributed by atoms with Crippen molar-refractivity contribution in [1.29, 1.82) is 0 Å². The van der Waals surface area contributed by atoms with Crippen molar-refractivity contribution in [3.05, 3.63) is 89.6 Å². The first-order chi connectivity index (χ1) is 13.2. The molecule has 0 saturated carbocycles. The van der Waals surface area contributed by atoms with Gasteiger partial charge in [-0.05, 0) is 43.0 Å². The normalized spacial score (nSPS) is 10.4. The molecular formula is C23H25N3O. The number of benzene rings is 2. The quantitative estimate of drug-likeness (QED) is 0.577. The molecule has 1 aromatic heterocycles. The van der Waals surface area contributed by atoms with Crippen molar-refractivity contribution in [2.24, 2.45) is 0 Å². The smallest absolute Gasteiger partial charge is 0.229 e. The monoisotopic (exact) mass is 359 g/mol. The van der Waals surface area contributed by atoms with Crippen LogP contribution in [-0.2, 0) is 17.6 Å². The number of amides is 1. The SMILES string of the molecule is Cc1cccc(CC(=O)Nc2ccc(NCCCc3ccccc3)cn2)c1. The van der Waals surface area contributed by atoms with Gasteiger partial charge >= 0.3 is 0 Å². The molecule has 0 bridgehead atoms. The molecule has 0 spiro atoms. The highest BCUT2D eigenvalue weighted by Gasteiger charge is 2.05. The zero-order chi connectivity index (χ0) is 18.9. The third-order valence-electron chi connectivity index (χ3n) is 4.29. The summed E-state index contributed by atoms with van der Waals surface area (Å²) in [5, 5.41) is 6.21. The second-order valence-corrected chi connectivity index (χ2v) is 6.66. The molecule has 0 aliphatic rings. The van der Waals surface area contributed by atoms with Crippen LogP contribution in [0.25, 0.3) is 0 Å². The van der Waals surface area contributed by atoms with E-state index in [0.29, 0.717) is 12.2 Å². The molecule has 1 heterocycles. The Morgan fingerprint density at radius 2 is 1.78 bits per heavy atom. The first-order valence-electron chi connectivity index (χ1n) is 9.28. The Bertz CT molecular complexity index is 860. The summed E-state index contributed by atoms with van der Waals surface area (Å²) in [5.74, 6) is 0.513. The van der Waals surface area contributed by atoms with Gasteiger partial charge in [-0.15, -0.1) is 0 Å². The van der Waals surface area contributed by atoms with Crippen LogP contribution in [0.3, 0.4) is 0 Å². The summed E-state index contributed by atoms with van der Waals surface area (Å²) in [7, 11) is 0. The van der Waals surface area contributed by atoms with Crippen LogP contribution in [0.1, 0.15) is 23.1 Å². The maximum atomic E-state index is 12.2. The molecule has 1 amide bonds. The van der Waals surface area contributed by atoms with Gasteiger partial charge in [0.1, 0.15) is 5.82 Å². The Morgan fingerprint density at radius 1 is 0.963 bits per heavy atom. The van der Waals surface area contributed by atoms with Gasteiger partial charge in [0.05, 0.1) is 18.3 Å². The van der Waals surface area contributed by atoms with E-state index in [1.54, 1.807) is 6.20 Å². The fraction of sp³-hybridized carbons (Fsp3) is 0.217. The topological polar surface area (TPSA) is 54.0 Å². The number of carbonyl (C=O) groups excluding carboxylic acids is 1. The van der Waals surface area contributed by atoms with E-state index in [9.17, 15) is 4.79 Å². The van der Waals surface area contributed by atoms with Gasteiger partial charge in [0.15, 0.2) is 0 Å². The molecule has 0 radical (unpaired) electrons. The van der Waals surface area contributed by atoms with Gasteiger partial charge in [0.25, 0.3) is 0 Å². The number of hydrogen-bond acceptors (Lipinski definition) is 3. The van der Waals surface area contributed by atoms with Gasteiger partial charge in [0.2, 0.25) is 5.91 Å². The average Bonchev–Trinajstić information content (AvgIpc) is 2.67. The van der Waals surface area contributed by atoms with E-state index < -0.39 is 0 Å². The number of nitrogens with zero attached hydrogens (tertiary/aromatic N) is 1. The standard InChI is InChI=1S/C23H25N3O/c1-18-7-5-10-20(15-18)16-23(27)26-22-13-12-21(17-25-22)24-14-6-11-19-8-3-2-4-9-19/h2-5,7-10,12-13,15,17,24H,6,11,14,16H2,1H3,(H,25,26,27). The van der Waals surface area contributed by atoms with Gasteiger partial charge < -0.3 is 10.6 Å². The second kappa shape index (κ2) is 9.53. The van der Waals surface area contributed by atoms with Crippen LogP contribution in [0.4, 0.5) is 11.5 Å². The Balaban J connectivity index is 1.42. The molecule has 2 N–H and O–H groups in total. The molecule has 4 nitrogen and oxygen atoms in total. The van der Waals surface area contributed by atoms with Gasteiger partial charge in [-0.25, -0.2) is 4.98 Å². The minimum absolute atomic E-state index is 0.0586. The van der Waals surface area contributed by atoms with E-state index in [4.69, 9.17) is 0 Å². The molecule has 138 valence electrons. The molecule has 0 aliphatic carbocycles. The third kappa shape index (κ3) is 6.26. The van der Waals surface area contributed by atoms with Crippen molar-refractivity contribution in [1.82, 2.24) is 4.98 Å². The fourth-order valence-corrected chi connectivity index (χ4v) is 2.94. The lowest BCUT2D eigenvalue weighted by atomic mass is 10.1. The van der Waals surface area contributed by atoms with E-state index in [1.165, 1.54) is 5.56 Å². The number of carbonyl (C=O) groups is 1. The van der Waals surface area contributed by atoms with Crippen LogP contribution in [-0.4, -0.2) is 17.4 Å². The summed E-state index contributed by atoms with van der Waals surface area (Å²) < 4.78 is 0. The molecule has 0 fully saturated rings. The minimum atomic E-state index is -0.0586. The predicted octanol–water partition coefficient (Wildman–Crippen LogP) is 4.62. The van der Waals surface area contributed by atoms with Crippen LogP contribution in [0, 0.1) is 6.92 Å². The molecule has 3 aromatic rings. The van der Waals surface area contributed by atoms with Crippen LogP contribution in [0.2, 0.25) is 0 Å². The lowest BCUT2D eigenvalue weighted by Crippen LogP contribution is -2.15. The fourth-order valence-electron chi connectivity index (χ4n) is 2.94. The summed E-state index contributed by atoms with van der Waals surface area (Å²) in [6.07, 6.45) is 4.21. The largest absolute Gasteiger partial charge is 0.384 e. The zero-order valence-corrected chi connectivity index (χ0v) is 15.6. The lowest BCUT2D eigenvalue weighted by molar-refractivity contribution is -0.115. The molecular weight excluding hydrogens is 334 g/mol. The van der Waals surface area contributed by atoms with Crippen molar-refractivity contribution < 1.29 is 4.79 Å². The first-order valence-corrected chi connectivity index (χ1v) is 9.28. The summed E-state index contributed by atoms with van der Waals surface area (Å²) in [6.45, 7) is 2.91. The van der Waals surface area contributed by atoms with Crippen molar-refractivity contribution in [3.63, 3.8) is 0 Å². The molecule has 4 heteroatoms. The van der Waals surface area contributed by atoms with Gasteiger partial charge in [0, 0.05) is 6.54 Å². The van der Waals surface area contributed by atoms with Crippen molar-refractivity contribution in [3.8, 4) is 0 Å². The number of pyridine rings is 1. The Morgan fingerprint density at radius 3 is 2.52 bits per heavy atom. The van der Waals surface area contributed by atoms with Gasteiger partial charge in [-0.2, -0.15) is 0 Å². The number of aromatic nitrogens is 1.